The molecule has 2 unspecified atom stereocenters. The Morgan fingerprint density at radius 2 is 2.08 bits per heavy atom. The van der Waals surface area contributed by atoms with Crippen LogP contribution in [0, 0.1) is 18.8 Å². The quantitative estimate of drug-likeness (QED) is 0.813. The van der Waals surface area contributed by atoms with Crippen molar-refractivity contribution in [3.63, 3.8) is 0 Å². The van der Waals surface area contributed by atoms with E-state index in [0.717, 1.165) is 57.3 Å². The van der Waals surface area contributed by atoms with Gasteiger partial charge in [0.15, 0.2) is 0 Å². The van der Waals surface area contributed by atoms with Gasteiger partial charge in [-0.1, -0.05) is 12.1 Å². The van der Waals surface area contributed by atoms with Crippen LogP contribution in [0.25, 0.3) is 0 Å². The summed E-state index contributed by atoms with van der Waals surface area (Å²) in [5.41, 5.74) is 0.977. The fraction of sp³-hybridized carbons (Fsp3) is 0.778. The molecule has 0 radical (unpaired) electrons. The van der Waals surface area contributed by atoms with Crippen molar-refractivity contribution in [3.05, 3.63) is 17.5 Å². The van der Waals surface area contributed by atoms with Gasteiger partial charge in [-0.05, 0) is 44.7 Å². The molecular formula is C18H32Cl2N4O2. The molecule has 2 fully saturated rings. The number of piperazine rings is 1. The van der Waals surface area contributed by atoms with Crippen molar-refractivity contribution in [2.45, 2.75) is 39.7 Å². The number of hydrogen-bond acceptors (Lipinski definition) is 5. The van der Waals surface area contributed by atoms with Gasteiger partial charge in [-0.15, -0.1) is 24.8 Å². The minimum Gasteiger partial charge on any atom is -0.361 e. The van der Waals surface area contributed by atoms with Crippen LogP contribution < -0.4 is 5.32 Å². The molecular weight excluding hydrogens is 375 g/mol. The predicted molar refractivity (Wildman–Crippen MR) is 107 cm³/mol. The minimum absolute atomic E-state index is 0. The van der Waals surface area contributed by atoms with E-state index in [4.69, 9.17) is 4.52 Å². The Morgan fingerprint density at radius 3 is 2.65 bits per heavy atom. The number of halogens is 2. The Bertz CT molecular complexity index is 541. The highest BCUT2D eigenvalue weighted by Crippen LogP contribution is 2.23. The average molecular weight is 407 g/mol. The van der Waals surface area contributed by atoms with E-state index in [1.807, 2.05) is 17.9 Å². The molecule has 1 aromatic rings. The summed E-state index contributed by atoms with van der Waals surface area (Å²) in [6.07, 6.45) is 3.19. The molecule has 2 saturated heterocycles. The van der Waals surface area contributed by atoms with E-state index in [0.29, 0.717) is 24.2 Å². The van der Waals surface area contributed by atoms with Gasteiger partial charge in [0.2, 0.25) is 5.91 Å². The second kappa shape index (κ2) is 11.1. The van der Waals surface area contributed by atoms with E-state index in [2.05, 4.69) is 22.3 Å². The number of nitrogens with one attached hydrogen (secondary N) is 1. The van der Waals surface area contributed by atoms with Crippen LogP contribution in [-0.2, 0) is 11.3 Å². The first kappa shape index (κ1) is 23.2. The first-order chi connectivity index (χ1) is 11.6. The zero-order valence-electron chi connectivity index (χ0n) is 15.8. The van der Waals surface area contributed by atoms with Gasteiger partial charge < -0.3 is 14.7 Å². The minimum atomic E-state index is 0. The van der Waals surface area contributed by atoms with Crippen molar-refractivity contribution in [3.8, 4) is 0 Å². The van der Waals surface area contributed by atoms with Crippen LogP contribution in [0.1, 0.15) is 37.6 Å². The molecule has 0 saturated carbocycles. The lowest BCUT2D eigenvalue weighted by Gasteiger charge is -2.35. The summed E-state index contributed by atoms with van der Waals surface area (Å²) in [5.74, 6) is 2.30. The van der Waals surface area contributed by atoms with Crippen LogP contribution in [-0.4, -0.2) is 60.1 Å². The molecule has 3 rings (SSSR count). The number of aromatic nitrogens is 1. The molecule has 2 aliphatic heterocycles. The van der Waals surface area contributed by atoms with Gasteiger partial charge in [-0.3, -0.25) is 9.69 Å². The molecule has 26 heavy (non-hydrogen) atoms. The number of rotatable bonds is 5. The summed E-state index contributed by atoms with van der Waals surface area (Å²) in [5, 5.41) is 7.51. The molecule has 0 spiro atoms. The lowest BCUT2D eigenvalue weighted by atomic mass is 9.85. The van der Waals surface area contributed by atoms with E-state index in [-0.39, 0.29) is 24.8 Å². The fourth-order valence-corrected chi connectivity index (χ4v) is 3.81. The van der Waals surface area contributed by atoms with Crippen LogP contribution in [0.4, 0.5) is 0 Å². The molecule has 3 heterocycles. The topological polar surface area (TPSA) is 61.6 Å². The summed E-state index contributed by atoms with van der Waals surface area (Å²) < 4.78 is 5.12. The SMILES string of the molecule is Cc1cc(CN2CCN(C(=O)CC(C)C3CCCNC3)CC2)no1.Cl.Cl. The molecule has 8 heteroatoms. The fourth-order valence-electron chi connectivity index (χ4n) is 3.81. The number of nitrogens with zero attached hydrogens (tertiary/aromatic N) is 3. The maximum Gasteiger partial charge on any atom is 0.222 e. The average Bonchev–Trinajstić information content (AvgIpc) is 3.01. The maximum absolute atomic E-state index is 12.6. The van der Waals surface area contributed by atoms with Crippen molar-refractivity contribution in [1.29, 1.82) is 0 Å². The van der Waals surface area contributed by atoms with Crippen molar-refractivity contribution < 1.29 is 9.32 Å². The number of amides is 1. The smallest absolute Gasteiger partial charge is 0.222 e. The molecule has 0 aliphatic carbocycles. The molecule has 2 aliphatic rings. The Kier molecular flexibility index (Phi) is 9.93. The van der Waals surface area contributed by atoms with Crippen LogP contribution >= 0.6 is 24.8 Å². The Labute approximate surface area is 168 Å². The van der Waals surface area contributed by atoms with Gasteiger partial charge in [-0.2, -0.15) is 0 Å². The highest BCUT2D eigenvalue weighted by molar-refractivity contribution is 5.85. The van der Waals surface area contributed by atoms with Crippen molar-refractivity contribution in [2.24, 2.45) is 11.8 Å². The predicted octanol–water partition coefficient (Wildman–Crippen LogP) is 2.50. The first-order valence-corrected chi connectivity index (χ1v) is 9.25. The lowest BCUT2D eigenvalue weighted by molar-refractivity contribution is -0.134. The Balaban J connectivity index is 0.00000169. The second-order valence-corrected chi connectivity index (χ2v) is 7.37. The number of carbonyl (C=O) groups is 1. The monoisotopic (exact) mass is 406 g/mol. The zero-order chi connectivity index (χ0) is 16.9. The molecule has 1 amide bonds. The number of carbonyl (C=O) groups excluding carboxylic acids is 1. The van der Waals surface area contributed by atoms with Crippen molar-refractivity contribution in [2.75, 3.05) is 39.3 Å². The maximum atomic E-state index is 12.6. The standard InChI is InChI=1S/C18H30N4O2.2ClH/c1-14(16-4-3-5-19-12-16)10-18(23)22-8-6-21(7-9-22)13-17-11-15(2)24-20-17;;/h11,14,16,19H,3-10,12-13H2,1-2H3;2*1H. The molecule has 1 N–H and O–H groups in total. The van der Waals surface area contributed by atoms with Gasteiger partial charge in [0.1, 0.15) is 5.76 Å². The van der Waals surface area contributed by atoms with E-state index in [1.54, 1.807) is 0 Å². The Morgan fingerprint density at radius 1 is 1.35 bits per heavy atom. The molecule has 2 atom stereocenters. The largest absolute Gasteiger partial charge is 0.361 e. The van der Waals surface area contributed by atoms with Crippen LogP contribution in [0.2, 0.25) is 0 Å². The zero-order valence-corrected chi connectivity index (χ0v) is 17.4. The summed E-state index contributed by atoms with van der Waals surface area (Å²) >= 11 is 0. The highest BCUT2D eigenvalue weighted by Gasteiger charge is 2.26. The van der Waals surface area contributed by atoms with Gasteiger partial charge in [0, 0.05) is 45.2 Å². The molecule has 0 bridgehead atoms. The third-order valence-electron chi connectivity index (χ3n) is 5.42. The summed E-state index contributed by atoms with van der Waals surface area (Å²) in [6, 6.07) is 1.98. The number of piperidine rings is 1. The highest BCUT2D eigenvalue weighted by atomic mass is 35.5. The molecule has 6 nitrogen and oxygen atoms in total. The van der Waals surface area contributed by atoms with E-state index in [9.17, 15) is 4.79 Å². The van der Waals surface area contributed by atoms with Gasteiger partial charge >= 0.3 is 0 Å². The molecule has 0 aromatic carbocycles. The van der Waals surface area contributed by atoms with Gasteiger partial charge in [0.25, 0.3) is 0 Å². The third kappa shape index (κ3) is 6.41. The summed E-state index contributed by atoms with van der Waals surface area (Å²) in [6.45, 7) is 10.6. The Hall–Kier alpha value is -0.820. The lowest BCUT2D eigenvalue weighted by Crippen LogP contribution is -2.49. The van der Waals surface area contributed by atoms with Crippen LogP contribution in [0.15, 0.2) is 10.6 Å². The summed E-state index contributed by atoms with van der Waals surface area (Å²) in [4.78, 5) is 17.0. The normalized spacial score (nSPS) is 22.2. The number of aryl methyl sites for hydroxylation is 1. The van der Waals surface area contributed by atoms with E-state index >= 15 is 0 Å². The number of hydrogen-bond donors (Lipinski definition) is 1. The van der Waals surface area contributed by atoms with Gasteiger partial charge in [-0.25, -0.2) is 0 Å². The summed E-state index contributed by atoms with van der Waals surface area (Å²) in [7, 11) is 0. The molecule has 150 valence electrons. The van der Waals surface area contributed by atoms with Crippen LogP contribution in [0.3, 0.4) is 0 Å². The van der Waals surface area contributed by atoms with Crippen molar-refractivity contribution >= 4 is 30.7 Å². The van der Waals surface area contributed by atoms with E-state index < -0.39 is 0 Å². The van der Waals surface area contributed by atoms with E-state index in [1.165, 1.54) is 12.8 Å². The van der Waals surface area contributed by atoms with Crippen molar-refractivity contribution in [1.82, 2.24) is 20.3 Å². The molecule has 1 aromatic heterocycles. The first-order valence-electron chi connectivity index (χ1n) is 9.25. The second-order valence-electron chi connectivity index (χ2n) is 7.37. The van der Waals surface area contributed by atoms with Gasteiger partial charge in [0.05, 0.1) is 5.69 Å². The third-order valence-corrected chi connectivity index (χ3v) is 5.42. The van der Waals surface area contributed by atoms with Crippen LogP contribution in [0.5, 0.6) is 0 Å².